The molecule has 0 saturated carbocycles. The van der Waals surface area contributed by atoms with Crippen LogP contribution in [0.4, 0.5) is 11.4 Å². The Morgan fingerprint density at radius 2 is 1.68 bits per heavy atom. The van der Waals surface area contributed by atoms with Crippen LogP contribution in [0.2, 0.25) is 0 Å². The predicted molar refractivity (Wildman–Crippen MR) is 148 cm³/mol. The smallest absolute Gasteiger partial charge is 0.259 e. The molecule has 0 aromatic heterocycles. The molecule has 0 bridgehead atoms. The molecule has 1 aliphatic carbocycles. The monoisotopic (exact) mass is 494 g/mol. The Balaban J connectivity index is 1.68. The Morgan fingerprint density at radius 1 is 0.973 bits per heavy atom. The van der Waals surface area contributed by atoms with E-state index in [4.69, 9.17) is 4.74 Å². The number of hydrogen-bond donors (Lipinski definition) is 1. The van der Waals surface area contributed by atoms with E-state index in [9.17, 15) is 9.59 Å². The molecular weight excluding hydrogens is 460 g/mol. The summed E-state index contributed by atoms with van der Waals surface area (Å²) in [7, 11) is 0. The van der Waals surface area contributed by atoms with Crippen molar-refractivity contribution in [1.82, 2.24) is 0 Å². The number of anilines is 2. The van der Waals surface area contributed by atoms with Crippen molar-refractivity contribution < 1.29 is 14.3 Å². The summed E-state index contributed by atoms with van der Waals surface area (Å²) in [6.45, 7) is 7.05. The summed E-state index contributed by atoms with van der Waals surface area (Å²) < 4.78 is 5.90. The minimum Gasteiger partial charge on any atom is -0.494 e. The zero-order valence-electron chi connectivity index (χ0n) is 21.8. The van der Waals surface area contributed by atoms with Crippen LogP contribution in [0.1, 0.15) is 68.4 Å². The zero-order chi connectivity index (χ0) is 26.0. The van der Waals surface area contributed by atoms with Gasteiger partial charge < -0.3 is 10.1 Å². The van der Waals surface area contributed by atoms with Gasteiger partial charge in [-0.15, -0.1) is 0 Å². The molecule has 37 heavy (non-hydrogen) atoms. The SMILES string of the molecule is CCCCOc1ccc([C@@H]2C3=C(CC(C)(C)CC3=O)Nc3ccccc3N2C(=O)c2ccccc2)cc1. The number of unbranched alkanes of at least 4 members (excludes halogenated alkanes) is 1. The van der Waals surface area contributed by atoms with Crippen molar-refractivity contribution in [2.24, 2.45) is 5.41 Å². The van der Waals surface area contributed by atoms with Gasteiger partial charge in [-0.1, -0.05) is 69.7 Å². The number of nitrogens with zero attached hydrogens (tertiary/aromatic N) is 1. The maximum absolute atomic E-state index is 14.2. The highest BCUT2D eigenvalue weighted by molar-refractivity contribution is 6.12. The highest BCUT2D eigenvalue weighted by atomic mass is 16.5. The first kappa shape index (κ1) is 24.8. The Kier molecular flexibility index (Phi) is 6.88. The van der Waals surface area contributed by atoms with Crippen molar-refractivity contribution in [1.29, 1.82) is 0 Å². The first-order valence-electron chi connectivity index (χ1n) is 13.1. The van der Waals surface area contributed by atoms with Crippen LogP contribution in [0.25, 0.3) is 0 Å². The summed E-state index contributed by atoms with van der Waals surface area (Å²) >= 11 is 0. The number of hydrogen-bond acceptors (Lipinski definition) is 4. The Morgan fingerprint density at radius 3 is 2.41 bits per heavy atom. The lowest BCUT2D eigenvalue weighted by molar-refractivity contribution is -0.118. The summed E-state index contributed by atoms with van der Waals surface area (Å²) in [6.07, 6.45) is 3.22. The van der Waals surface area contributed by atoms with Gasteiger partial charge in [-0.2, -0.15) is 0 Å². The number of allylic oxidation sites excluding steroid dienone is 1. The van der Waals surface area contributed by atoms with E-state index in [0.29, 0.717) is 24.2 Å². The number of para-hydroxylation sites is 2. The number of carbonyl (C=O) groups is 2. The molecule has 1 atom stereocenters. The molecule has 5 heteroatoms. The van der Waals surface area contributed by atoms with E-state index in [0.717, 1.165) is 47.6 Å². The van der Waals surface area contributed by atoms with Crippen LogP contribution in [0.15, 0.2) is 90.1 Å². The Bertz CT molecular complexity index is 1330. The van der Waals surface area contributed by atoms with Gasteiger partial charge in [0.2, 0.25) is 0 Å². The molecule has 190 valence electrons. The second-order valence-corrected chi connectivity index (χ2v) is 10.7. The topological polar surface area (TPSA) is 58.6 Å². The number of amides is 1. The van der Waals surface area contributed by atoms with Crippen molar-refractivity contribution in [3.05, 3.63) is 101 Å². The van der Waals surface area contributed by atoms with Gasteiger partial charge in [0.25, 0.3) is 5.91 Å². The molecule has 1 heterocycles. The van der Waals surface area contributed by atoms with Gasteiger partial charge in [0.05, 0.1) is 24.0 Å². The largest absolute Gasteiger partial charge is 0.494 e. The highest BCUT2D eigenvalue weighted by Crippen LogP contribution is 2.48. The van der Waals surface area contributed by atoms with Crippen LogP contribution >= 0.6 is 0 Å². The molecule has 1 N–H and O–H groups in total. The average Bonchev–Trinajstić information content (AvgIpc) is 3.03. The van der Waals surface area contributed by atoms with E-state index >= 15 is 0 Å². The zero-order valence-corrected chi connectivity index (χ0v) is 21.8. The van der Waals surface area contributed by atoms with Crippen molar-refractivity contribution in [2.75, 3.05) is 16.8 Å². The number of benzene rings is 3. The minimum atomic E-state index is -0.563. The first-order valence-corrected chi connectivity index (χ1v) is 13.1. The molecule has 0 radical (unpaired) electrons. The number of rotatable bonds is 6. The van der Waals surface area contributed by atoms with Crippen molar-refractivity contribution in [2.45, 2.75) is 52.5 Å². The number of ether oxygens (including phenoxy) is 1. The van der Waals surface area contributed by atoms with Gasteiger partial charge in [0.15, 0.2) is 5.78 Å². The number of Topliss-reactive ketones (excluding diaryl/α,β-unsaturated/α-hetero) is 1. The van der Waals surface area contributed by atoms with Gasteiger partial charge in [0, 0.05) is 23.3 Å². The molecule has 0 unspecified atom stereocenters. The van der Waals surface area contributed by atoms with Gasteiger partial charge in [-0.05, 0) is 60.2 Å². The molecule has 3 aromatic rings. The van der Waals surface area contributed by atoms with Crippen LogP contribution < -0.4 is 15.0 Å². The fourth-order valence-electron chi connectivity index (χ4n) is 5.33. The van der Waals surface area contributed by atoms with Gasteiger partial charge >= 0.3 is 0 Å². The molecule has 1 amide bonds. The summed E-state index contributed by atoms with van der Waals surface area (Å²) in [6, 6.07) is 24.4. The van der Waals surface area contributed by atoms with E-state index in [1.54, 1.807) is 4.90 Å². The molecule has 1 aliphatic heterocycles. The second-order valence-electron chi connectivity index (χ2n) is 10.7. The van der Waals surface area contributed by atoms with Gasteiger partial charge in [0.1, 0.15) is 5.75 Å². The number of carbonyl (C=O) groups excluding carboxylic acids is 2. The van der Waals surface area contributed by atoms with E-state index in [1.807, 2.05) is 78.9 Å². The third-order valence-electron chi connectivity index (χ3n) is 7.10. The first-order chi connectivity index (χ1) is 17.9. The predicted octanol–water partition coefficient (Wildman–Crippen LogP) is 7.32. The normalized spacial score (nSPS) is 18.4. The molecule has 3 aromatic carbocycles. The summed E-state index contributed by atoms with van der Waals surface area (Å²) in [4.78, 5) is 29.8. The maximum atomic E-state index is 14.2. The molecule has 0 fully saturated rings. The lowest BCUT2D eigenvalue weighted by Crippen LogP contribution is -2.39. The summed E-state index contributed by atoms with van der Waals surface area (Å²) in [5.74, 6) is 0.718. The van der Waals surface area contributed by atoms with Gasteiger partial charge in [-0.25, -0.2) is 0 Å². The third kappa shape index (κ3) is 5.04. The van der Waals surface area contributed by atoms with Crippen LogP contribution in [0.5, 0.6) is 5.75 Å². The van der Waals surface area contributed by atoms with Gasteiger partial charge in [-0.3, -0.25) is 14.5 Å². The summed E-state index contributed by atoms with van der Waals surface area (Å²) in [5, 5.41) is 3.57. The lowest BCUT2D eigenvalue weighted by atomic mass is 9.73. The molecule has 5 rings (SSSR count). The second kappa shape index (κ2) is 10.3. The molecule has 2 aliphatic rings. The quantitative estimate of drug-likeness (QED) is 0.365. The van der Waals surface area contributed by atoms with Crippen molar-refractivity contribution in [3.63, 3.8) is 0 Å². The van der Waals surface area contributed by atoms with E-state index in [2.05, 4.69) is 26.1 Å². The fourth-order valence-corrected chi connectivity index (χ4v) is 5.33. The maximum Gasteiger partial charge on any atom is 0.259 e. The lowest BCUT2D eigenvalue weighted by Gasteiger charge is -2.37. The molecule has 0 saturated heterocycles. The summed E-state index contributed by atoms with van der Waals surface area (Å²) in [5.41, 5.74) is 4.43. The van der Waals surface area contributed by atoms with Crippen LogP contribution in [-0.2, 0) is 4.79 Å². The number of fused-ring (bicyclic) bond motifs is 1. The minimum absolute atomic E-state index is 0.0747. The fraction of sp³-hybridized carbons (Fsp3) is 0.312. The molecular formula is C32H34N2O3. The van der Waals surface area contributed by atoms with E-state index < -0.39 is 6.04 Å². The third-order valence-corrected chi connectivity index (χ3v) is 7.10. The number of ketones is 1. The van der Waals surface area contributed by atoms with Crippen LogP contribution in [-0.4, -0.2) is 18.3 Å². The van der Waals surface area contributed by atoms with Crippen LogP contribution in [0.3, 0.4) is 0 Å². The highest BCUT2D eigenvalue weighted by Gasteiger charge is 2.43. The van der Waals surface area contributed by atoms with Crippen molar-refractivity contribution >= 4 is 23.1 Å². The van der Waals surface area contributed by atoms with Crippen molar-refractivity contribution in [3.8, 4) is 5.75 Å². The van der Waals surface area contributed by atoms with E-state index in [-0.39, 0.29) is 17.1 Å². The Hall–Kier alpha value is -3.86. The Labute approximate surface area is 219 Å². The van der Waals surface area contributed by atoms with E-state index in [1.165, 1.54) is 0 Å². The molecule has 5 nitrogen and oxygen atoms in total. The number of nitrogens with one attached hydrogen (secondary N) is 1. The average molecular weight is 495 g/mol. The van der Waals surface area contributed by atoms with Crippen LogP contribution in [0, 0.1) is 5.41 Å². The molecule has 0 spiro atoms. The standard InChI is InChI=1S/C32H34N2O3/c1-4-5-19-37-24-17-15-22(16-18-24)30-29-26(20-32(2,3)21-28(29)35)33-25-13-9-10-14-27(25)34(30)31(36)23-11-7-6-8-12-23/h6-18,30,33H,4-5,19-21H2,1-3H3/t30-/m1/s1.